The topological polar surface area (TPSA) is 71.8 Å². The molecule has 0 bridgehead atoms. The maximum Gasteiger partial charge on any atom is 0.259 e. The first-order valence-electron chi connectivity index (χ1n) is 7.99. The van der Waals surface area contributed by atoms with E-state index in [0.29, 0.717) is 23.2 Å². The second-order valence-electron chi connectivity index (χ2n) is 6.11. The highest BCUT2D eigenvalue weighted by molar-refractivity contribution is 9.10. The van der Waals surface area contributed by atoms with Gasteiger partial charge in [-0.1, -0.05) is 33.2 Å². The van der Waals surface area contributed by atoms with E-state index in [0.717, 1.165) is 41.1 Å². The Bertz CT molecular complexity index is 974. The van der Waals surface area contributed by atoms with Gasteiger partial charge in [0, 0.05) is 21.8 Å². The van der Waals surface area contributed by atoms with Crippen LogP contribution in [0.1, 0.15) is 25.2 Å². The van der Waals surface area contributed by atoms with E-state index in [2.05, 4.69) is 43.2 Å². The van der Waals surface area contributed by atoms with Crippen LogP contribution >= 0.6 is 15.9 Å². The Morgan fingerprint density at radius 1 is 1.29 bits per heavy atom. The summed E-state index contributed by atoms with van der Waals surface area (Å²) in [6.07, 6.45) is 8.46. The monoisotopic (exact) mass is 385 g/mol. The lowest BCUT2D eigenvalue weighted by Crippen LogP contribution is -2.10. The minimum Gasteiger partial charge on any atom is -0.339 e. The van der Waals surface area contributed by atoms with Gasteiger partial charge in [0.1, 0.15) is 0 Å². The molecule has 1 N–H and O–H groups in total. The third-order valence-corrected chi connectivity index (χ3v) is 4.85. The molecule has 4 rings (SSSR count). The molecule has 0 aliphatic heterocycles. The van der Waals surface area contributed by atoms with Crippen molar-refractivity contribution in [3.63, 3.8) is 0 Å². The average Bonchev–Trinajstić information content (AvgIpc) is 3.04. The summed E-state index contributed by atoms with van der Waals surface area (Å²) in [6, 6.07) is 7.51. The molecule has 0 saturated carbocycles. The van der Waals surface area contributed by atoms with Gasteiger partial charge < -0.3 is 9.51 Å². The van der Waals surface area contributed by atoms with E-state index in [4.69, 9.17) is 4.52 Å². The van der Waals surface area contributed by atoms with E-state index in [1.165, 1.54) is 0 Å². The fourth-order valence-corrected chi connectivity index (χ4v) is 3.46. The summed E-state index contributed by atoms with van der Waals surface area (Å²) in [5, 5.41) is 4.93. The molecule has 24 heavy (non-hydrogen) atoms. The molecule has 0 spiro atoms. The standard InChI is InChI=1S/C18H16BrN3O2/c19-13-6-7-15-12(9-13)10-14(18(23)20-15)17-21-16(24-22-17)8-11-4-2-1-3-5-11/h1-2,6-7,9-11H,3-5,8H2,(H,20,23). The third kappa shape index (κ3) is 3.06. The fraction of sp³-hybridized carbons (Fsp3) is 0.278. The maximum absolute atomic E-state index is 12.3. The number of fused-ring (bicyclic) bond motifs is 1. The minimum absolute atomic E-state index is 0.210. The van der Waals surface area contributed by atoms with Crippen LogP contribution in [0.25, 0.3) is 22.3 Å². The highest BCUT2D eigenvalue weighted by Crippen LogP contribution is 2.24. The first-order chi connectivity index (χ1) is 11.7. The minimum atomic E-state index is -0.210. The van der Waals surface area contributed by atoms with Crippen LogP contribution in [-0.2, 0) is 6.42 Å². The van der Waals surface area contributed by atoms with Crippen LogP contribution in [-0.4, -0.2) is 15.1 Å². The van der Waals surface area contributed by atoms with Crippen LogP contribution in [0.3, 0.4) is 0 Å². The van der Waals surface area contributed by atoms with Gasteiger partial charge in [-0.15, -0.1) is 0 Å². The maximum atomic E-state index is 12.3. The van der Waals surface area contributed by atoms with Gasteiger partial charge in [0.2, 0.25) is 11.7 Å². The largest absolute Gasteiger partial charge is 0.339 e. The zero-order valence-electron chi connectivity index (χ0n) is 13.0. The summed E-state index contributed by atoms with van der Waals surface area (Å²) in [6.45, 7) is 0. The molecule has 6 heteroatoms. The molecule has 122 valence electrons. The van der Waals surface area contributed by atoms with Crippen LogP contribution in [0.2, 0.25) is 0 Å². The van der Waals surface area contributed by atoms with Crippen LogP contribution in [0.5, 0.6) is 0 Å². The molecule has 0 saturated heterocycles. The van der Waals surface area contributed by atoms with Crippen LogP contribution in [0, 0.1) is 5.92 Å². The van der Waals surface area contributed by atoms with Crippen molar-refractivity contribution in [3.8, 4) is 11.4 Å². The molecule has 1 atom stereocenters. The van der Waals surface area contributed by atoms with Gasteiger partial charge in [0.05, 0.1) is 5.56 Å². The van der Waals surface area contributed by atoms with Crippen LogP contribution in [0.4, 0.5) is 0 Å². The van der Waals surface area contributed by atoms with Gasteiger partial charge in [0.15, 0.2) is 0 Å². The molecular formula is C18H16BrN3O2. The van der Waals surface area contributed by atoms with Crippen molar-refractivity contribution in [2.75, 3.05) is 0 Å². The Hall–Kier alpha value is -2.21. The number of hydrogen-bond donors (Lipinski definition) is 1. The van der Waals surface area contributed by atoms with Crippen LogP contribution in [0.15, 0.2) is 50.2 Å². The van der Waals surface area contributed by atoms with Gasteiger partial charge in [-0.05, 0) is 49.4 Å². The lowest BCUT2D eigenvalue weighted by molar-refractivity contribution is 0.343. The number of nitrogens with one attached hydrogen (secondary N) is 1. The number of rotatable bonds is 3. The molecule has 0 amide bonds. The first kappa shape index (κ1) is 15.3. The molecule has 1 aliphatic carbocycles. The summed E-state index contributed by atoms with van der Waals surface area (Å²) >= 11 is 3.44. The Labute approximate surface area is 146 Å². The summed E-state index contributed by atoms with van der Waals surface area (Å²) in [5.74, 6) is 1.48. The van der Waals surface area contributed by atoms with Crippen molar-refractivity contribution in [2.24, 2.45) is 5.92 Å². The molecule has 2 heterocycles. The van der Waals surface area contributed by atoms with E-state index >= 15 is 0 Å². The van der Waals surface area contributed by atoms with Crippen molar-refractivity contribution >= 4 is 26.8 Å². The zero-order valence-corrected chi connectivity index (χ0v) is 14.5. The molecular weight excluding hydrogens is 370 g/mol. The lowest BCUT2D eigenvalue weighted by Gasteiger charge is -2.14. The van der Waals surface area contributed by atoms with Gasteiger partial charge >= 0.3 is 0 Å². The average molecular weight is 386 g/mol. The smallest absolute Gasteiger partial charge is 0.259 e. The molecule has 1 aliphatic rings. The Morgan fingerprint density at radius 2 is 2.21 bits per heavy atom. The second-order valence-corrected chi connectivity index (χ2v) is 7.03. The molecule has 2 aromatic heterocycles. The predicted octanol–water partition coefficient (Wildman–Crippen LogP) is 4.24. The number of aromatic amines is 1. The van der Waals surface area contributed by atoms with E-state index in [1.54, 1.807) is 6.07 Å². The van der Waals surface area contributed by atoms with E-state index < -0.39 is 0 Å². The SMILES string of the molecule is O=c1[nH]c2ccc(Br)cc2cc1-c1noc(CC2CC=CCC2)n1. The van der Waals surface area contributed by atoms with Crippen LogP contribution < -0.4 is 5.56 Å². The summed E-state index contributed by atoms with van der Waals surface area (Å²) < 4.78 is 6.32. The van der Waals surface area contributed by atoms with Gasteiger partial charge in [-0.2, -0.15) is 4.98 Å². The van der Waals surface area contributed by atoms with Gasteiger partial charge in [-0.3, -0.25) is 4.79 Å². The van der Waals surface area contributed by atoms with Gasteiger partial charge in [-0.25, -0.2) is 0 Å². The van der Waals surface area contributed by atoms with Crippen molar-refractivity contribution < 1.29 is 4.52 Å². The summed E-state index contributed by atoms with van der Waals surface area (Å²) in [4.78, 5) is 19.6. The molecule has 5 nitrogen and oxygen atoms in total. The number of halogens is 1. The molecule has 1 unspecified atom stereocenters. The Balaban J connectivity index is 1.66. The summed E-state index contributed by atoms with van der Waals surface area (Å²) in [5.41, 5.74) is 1.00. The van der Waals surface area contributed by atoms with Crippen molar-refractivity contribution in [2.45, 2.75) is 25.7 Å². The molecule has 1 aromatic carbocycles. The Morgan fingerprint density at radius 3 is 3.04 bits per heavy atom. The second kappa shape index (κ2) is 6.36. The number of hydrogen-bond acceptors (Lipinski definition) is 4. The highest BCUT2D eigenvalue weighted by atomic mass is 79.9. The van der Waals surface area contributed by atoms with Gasteiger partial charge in [0.25, 0.3) is 5.56 Å². The lowest BCUT2D eigenvalue weighted by atomic mass is 9.91. The van der Waals surface area contributed by atoms with Crippen molar-refractivity contribution in [3.05, 3.63) is 57.1 Å². The normalized spacial score (nSPS) is 17.5. The zero-order chi connectivity index (χ0) is 16.5. The molecule has 3 aromatic rings. The van der Waals surface area contributed by atoms with Crippen molar-refractivity contribution in [1.82, 2.24) is 15.1 Å². The number of benzene rings is 1. The Kier molecular flexibility index (Phi) is 4.06. The predicted molar refractivity (Wildman–Crippen MR) is 95.7 cm³/mol. The fourth-order valence-electron chi connectivity index (χ4n) is 3.08. The molecule has 0 fully saturated rings. The van der Waals surface area contributed by atoms with E-state index in [1.807, 2.05) is 18.2 Å². The quantitative estimate of drug-likeness (QED) is 0.684. The number of H-pyrrole nitrogens is 1. The third-order valence-electron chi connectivity index (χ3n) is 4.36. The molecule has 0 radical (unpaired) electrons. The number of allylic oxidation sites excluding steroid dienone is 2. The number of pyridine rings is 1. The highest BCUT2D eigenvalue weighted by Gasteiger charge is 2.17. The number of aromatic nitrogens is 3. The van der Waals surface area contributed by atoms with Crippen molar-refractivity contribution in [1.29, 1.82) is 0 Å². The van der Waals surface area contributed by atoms with E-state index in [9.17, 15) is 4.79 Å². The van der Waals surface area contributed by atoms with E-state index in [-0.39, 0.29) is 5.56 Å². The first-order valence-corrected chi connectivity index (χ1v) is 8.79. The number of nitrogens with zero attached hydrogens (tertiary/aromatic N) is 2. The summed E-state index contributed by atoms with van der Waals surface area (Å²) in [7, 11) is 0.